The number of amides is 1. The van der Waals surface area contributed by atoms with Crippen molar-refractivity contribution in [3.8, 4) is 0 Å². The highest BCUT2D eigenvalue weighted by Crippen LogP contribution is 2.13. The fourth-order valence-corrected chi connectivity index (χ4v) is 2.36. The average molecular weight is 310 g/mol. The Morgan fingerprint density at radius 1 is 1.45 bits per heavy atom. The van der Waals surface area contributed by atoms with Crippen LogP contribution in [0.5, 0.6) is 0 Å². The Kier molecular flexibility index (Phi) is 6.87. The number of hydrogen-bond acceptors (Lipinski definition) is 4. The smallest absolute Gasteiger partial charge is 0.407 e. The molecule has 1 aromatic heterocycles. The normalized spacial score (nSPS) is 14.5. The largest absolute Gasteiger partial charge is 0.444 e. The second-order valence-corrected chi connectivity index (χ2v) is 6.64. The maximum absolute atomic E-state index is 11.8. The summed E-state index contributed by atoms with van der Waals surface area (Å²) in [6, 6.07) is 2.37. The molecule has 126 valence electrons. The number of alkyl carbamates (subject to hydrolysis) is 1. The lowest BCUT2D eigenvalue weighted by atomic mass is 10.1. The molecule has 0 saturated carbocycles. The van der Waals surface area contributed by atoms with Gasteiger partial charge in [-0.15, -0.1) is 0 Å². The molecule has 1 heterocycles. The van der Waals surface area contributed by atoms with Crippen LogP contribution in [-0.2, 0) is 11.8 Å². The molecule has 2 unspecified atom stereocenters. The zero-order chi connectivity index (χ0) is 16.8. The molecule has 0 aliphatic carbocycles. The maximum Gasteiger partial charge on any atom is 0.407 e. The van der Waals surface area contributed by atoms with Gasteiger partial charge in [0.15, 0.2) is 0 Å². The highest BCUT2D eigenvalue weighted by Gasteiger charge is 2.19. The minimum absolute atomic E-state index is 0.171. The van der Waals surface area contributed by atoms with Gasteiger partial charge in [-0.05, 0) is 40.2 Å². The maximum atomic E-state index is 11.8. The van der Waals surface area contributed by atoms with Crippen molar-refractivity contribution in [2.75, 3.05) is 6.54 Å². The van der Waals surface area contributed by atoms with Crippen molar-refractivity contribution < 1.29 is 9.53 Å². The standard InChI is InChI=1S/C16H30N4O2/c1-7-8-13(11-17-15(21)22-16(3,4)5)19-12(2)14-9-10-18-20(14)6/h9-10,12-13,19H,7-8,11H2,1-6H3,(H,17,21). The molecule has 0 saturated heterocycles. The lowest BCUT2D eigenvalue weighted by Crippen LogP contribution is -2.43. The van der Waals surface area contributed by atoms with Gasteiger partial charge >= 0.3 is 6.09 Å². The highest BCUT2D eigenvalue weighted by molar-refractivity contribution is 5.67. The number of hydrogen-bond donors (Lipinski definition) is 2. The van der Waals surface area contributed by atoms with E-state index in [2.05, 4.69) is 29.6 Å². The molecule has 6 nitrogen and oxygen atoms in total. The van der Waals surface area contributed by atoms with E-state index >= 15 is 0 Å². The molecule has 1 rings (SSSR count). The van der Waals surface area contributed by atoms with Gasteiger partial charge in [-0.25, -0.2) is 4.79 Å². The minimum atomic E-state index is -0.472. The quantitative estimate of drug-likeness (QED) is 0.812. The van der Waals surface area contributed by atoms with Crippen molar-refractivity contribution in [2.24, 2.45) is 7.05 Å². The number of carbonyl (C=O) groups excluding carboxylic acids is 1. The SMILES string of the molecule is CCCC(CNC(=O)OC(C)(C)C)NC(C)c1ccnn1C. The zero-order valence-electron chi connectivity index (χ0n) is 14.6. The Hall–Kier alpha value is -1.56. The van der Waals surface area contributed by atoms with E-state index < -0.39 is 5.60 Å². The van der Waals surface area contributed by atoms with Crippen LogP contribution in [0.25, 0.3) is 0 Å². The molecule has 6 heteroatoms. The van der Waals surface area contributed by atoms with Crippen molar-refractivity contribution in [1.82, 2.24) is 20.4 Å². The van der Waals surface area contributed by atoms with E-state index in [0.717, 1.165) is 18.5 Å². The number of nitrogens with zero attached hydrogens (tertiary/aromatic N) is 2. The first-order valence-electron chi connectivity index (χ1n) is 7.93. The van der Waals surface area contributed by atoms with Gasteiger partial charge in [-0.2, -0.15) is 5.10 Å². The Morgan fingerprint density at radius 2 is 2.14 bits per heavy atom. The van der Waals surface area contributed by atoms with Gasteiger partial charge in [-0.1, -0.05) is 13.3 Å². The van der Waals surface area contributed by atoms with Crippen LogP contribution in [-0.4, -0.2) is 34.1 Å². The van der Waals surface area contributed by atoms with Gasteiger partial charge in [0, 0.05) is 31.9 Å². The number of aryl methyl sites for hydroxylation is 1. The summed E-state index contributed by atoms with van der Waals surface area (Å²) in [5.41, 5.74) is 0.651. The first-order valence-corrected chi connectivity index (χ1v) is 7.93. The summed E-state index contributed by atoms with van der Waals surface area (Å²) in [5.74, 6) is 0. The molecule has 0 aliphatic heterocycles. The third kappa shape index (κ3) is 6.47. The monoisotopic (exact) mass is 310 g/mol. The first kappa shape index (κ1) is 18.5. The lowest BCUT2D eigenvalue weighted by molar-refractivity contribution is 0.0521. The average Bonchev–Trinajstić information content (AvgIpc) is 2.80. The number of carbonyl (C=O) groups is 1. The summed E-state index contributed by atoms with van der Waals surface area (Å²) < 4.78 is 7.13. The summed E-state index contributed by atoms with van der Waals surface area (Å²) >= 11 is 0. The molecule has 1 aromatic rings. The van der Waals surface area contributed by atoms with E-state index in [0.29, 0.717) is 6.54 Å². The molecular weight excluding hydrogens is 280 g/mol. The van der Waals surface area contributed by atoms with E-state index in [4.69, 9.17) is 4.74 Å². The molecule has 0 fully saturated rings. The van der Waals surface area contributed by atoms with Crippen LogP contribution in [0.4, 0.5) is 4.79 Å². The predicted molar refractivity (Wildman–Crippen MR) is 87.7 cm³/mol. The summed E-state index contributed by atoms with van der Waals surface area (Å²) in [5, 5.41) is 10.6. The van der Waals surface area contributed by atoms with E-state index in [1.54, 1.807) is 6.20 Å². The zero-order valence-corrected chi connectivity index (χ0v) is 14.6. The molecule has 2 atom stereocenters. The van der Waals surface area contributed by atoms with E-state index in [-0.39, 0.29) is 18.2 Å². The summed E-state index contributed by atoms with van der Waals surface area (Å²) in [7, 11) is 1.93. The second kappa shape index (κ2) is 8.17. The van der Waals surface area contributed by atoms with Crippen LogP contribution in [0.1, 0.15) is 59.2 Å². The van der Waals surface area contributed by atoms with Crippen molar-refractivity contribution in [2.45, 2.75) is 65.1 Å². The molecular formula is C16H30N4O2. The summed E-state index contributed by atoms with van der Waals surface area (Å²) in [6.07, 6.45) is 3.45. The molecule has 0 radical (unpaired) electrons. The third-order valence-electron chi connectivity index (χ3n) is 3.32. The predicted octanol–water partition coefficient (Wildman–Crippen LogP) is 2.76. The molecule has 1 amide bonds. The van der Waals surface area contributed by atoms with Gasteiger partial charge in [0.05, 0.1) is 5.69 Å². The second-order valence-electron chi connectivity index (χ2n) is 6.64. The van der Waals surface area contributed by atoms with Crippen molar-refractivity contribution in [3.05, 3.63) is 18.0 Å². The van der Waals surface area contributed by atoms with Gasteiger partial charge in [0.2, 0.25) is 0 Å². The Labute approximate surface area is 133 Å². The van der Waals surface area contributed by atoms with Crippen LogP contribution in [0.15, 0.2) is 12.3 Å². The van der Waals surface area contributed by atoms with Gasteiger partial charge in [0.1, 0.15) is 5.60 Å². The minimum Gasteiger partial charge on any atom is -0.444 e. The Morgan fingerprint density at radius 3 is 2.64 bits per heavy atom. The van der Waals surface area contributed by atoms with Crippen LogP contribution >= 0.6 is 0 Å². The van der Waals surface area contributed by atoms with Crippen molar-refractivity contribution in [3.63, 3.8) is 0 Å². The molecule has 0 bridgehead atoms. The molecule has 22 heavy (non-hydrogen) atoms. The number of nitrogens with one attached hydrogen (secondary N) is 2. The molecule has 0 aromatic carbocycles. The fourth-order valence-electron chi connectivity index (χ4n) is 2.36. The molecule has 0 aliphatic rings. The van der Waals surface area contributed by atoms with Crippen molar-refractivity contribution >= 4 is 6.09 Å². The van der Waals surface area contributed by atoms with Gasteiger partial charge in [-0.3, -0.25) is 4.68 Å². The van der Waals surface area contributed by atoms with E-state index in [1.807, 2.05) is 38.6 Å². The summed E-state index contributed by atoms with van der Waals surface area (Å²) in [4.78, 5) is 11.8. The van der Waals surface area contributed by atoms with E-state index in [1.165, 1.54) is 0 Å². The fraction of sp³-hybridized carbons (Fsp3) is 0.750. The highest BCUT2D eigenvalue weighted by atomic mass is 16.6. The van der Waals surface area contributed by atoms with Gasteiger partial charge in [0.25, 0.3) is 0 Å². The topological polar surface area (TPSA) is 68.2 Å². The number of ether oxygens (including phenoxy) is 1. The van der Waals surface area contributed by atoms with Crippen molar-refractivity contribution in [1.29, 1.82) is 0 Å². The number of rotatable bonds is 7. The first-order chi connectivity index (χ1) is 10.2. The Bertz CT molecular complexity index is 465. The van der Waals surface area contributed by atoms with Crippen LogP contribution in [0.3, 0.4) is 0 Å². The lowest BCUT2D eigenvalue weighted by Gasteiger charge is -2.25. The number of aromatic nitrogens is 2. The third-order valence-corrected chi connectivity index (χ3v) is 3.32. The Balaban J connectivity index is 2.51. The summed E-state index contributed by atoms with van der Waals surface area (Å²) in [6.45, 7) is 10.4. The van der Waals surface area contributed by atoms with Crippen LogP contribution in [0, 0.1) is 0 Å². The molecule has 2 N–H and O–H groups in total. The van der Waals surface area contributed by atoms with Crippen LogP contribution in [0.2, 0.25) is 0 Å². The van der Waals surface area contributed by atoms with E-state index in [9.17, 15) is 4.79 Å². The van der Waals surface area contributed by atoms with Gasteiger partial charge < -0.3 is 15.4 Å². The van der Waals surface area contributed by atoms with Crippen LogP contribution < -0.4 is 10.6 Å². The molecule has 0 spiro atoms.